The molecule has 1 aliphatic heterocycles. The average molecular weight is 327 g/mol. The summed E-state index contributed by atoms with van der Waals surface area (Å²) < 4.78 is 13.2. The molecule has 0 aromatic heterocycles. The number of benzene rings is 2. The summed E-state index contributed by atoms with van der Waals surface area (Å²) >= 11 is 0. The van der Waals surface area contributed by atoms with Gasteiger partial charge in [0.1, 0.15) is 5.82 Å². The molecule has 0 saturated carbocycles. The largest absolute Gasteiger partial charge is 0.365 e. The maximum absolute atomic E-state index is 13.2. The third-order valence-corrected chi connectivity index (χ3v) is 4.36. The monoisotopic (exact) mass is 327 g/mol. The van der Waals surface area contributed by atoms with Crippen molar-refractivity contribution in [2.45, 2.75) is 19.9 Å². The predicted octanol–water partition coefficient (Wildman–Crippen LogP) is 3.88. The number of aryl methyl sites for hydroxylation is 1. The summed E-state index contributed by atoms with van der Waals surface area (Å²) in [5.74, 6) is -0.356. The lowest BCUT2D eigenvalue weighted by molar-refractivity contribution is 0.200. The first-order chi connectivity index (χ1) is 11.5. The van der Waals surface area contributed by atoms with E-state index in [4.69, 9.17) is 0 Å². The maximum Gasteiger partial charge on any atom is 0.321 e. The van der Waals surface area contributed by atoms with E-state index in [9.17, 15) is 9.18 Å². The van der Waals surface area contributed by atoms with E-state index in [1.807, 2.05) is 0 Å². The van der Waals surface area contributed by atoms with E-state index in [2.05, 4.69) is 48.3 Å². The molecule has 2 amide bonds. The molecule has 1 saturated heterocycles. The van der Waals surface area contributed by atoms with Crippen LogP contribution < -0.4 is 10.2 Å². The number of nitrogens with one attached hydrogen (secondary N) is 1. The number of hydrogen-bond acceptors (Lipinski definition) is 2. The van der Waals surface area contributed by atoms with E-state index in [0.29, 0.717) is 18.8 Å². The minimum atomic E-state index is -0.356. The summed E-state index contributed by atoms with van der Waals surface area (Å²) in [6.07, 6.45) is 0. The molecule has 4 nitrogen and oxygen atoms in total. The summed E-state index contributed by atoms with van der Waals surface area (Å²) in [5, 5.41) is 2.76. The molecular weight excluding hydrogens is 305 g/mol. The molecule has 2 aromatic carbocycles. The van der Waals surface area contributed by atoms with Crippen LogP contribution in [0, 0.1) is 12.7 Å². The van der Waals surface area contributed by atoms with E-state index >= 15 is 0 Å². The fourth-order valence-electron chi connectivity index (χ4n) is 3.03. The van der Waals surface area contributed by atoms with Crippen molar-refractivity contribution in [1.29, 1.82) is 0 Å². The van der Waals surface area contributed by atoms with Crippen LogP contribution in [0.2, 0.25) is 0 Å². The zero-order chi connectivity index (χ0) is 17.1. The van der Waals surface area contributed by atoms with Gasteiger partial charge in [0.05, 0.1) is 0 Å². The molecular formula is C19H22FN3O. The third-order valence-electron chi connectivity index (χ3n) is 4.36. The zero-order valence-corrected chi connectivity index (χ0v) is 14.0. The molecule has 5 heteroatoms. The Morgan fingerprint density at radius 2 is 1.92 bits per heavy atom. The maximum atomic E-state index is 13.2. The van der Waals surface area contributed by atoms with E-state index in [1.165, 1.54) is 23.4 Å². The zero-order valence-electron chi connectivity index (χ0n) is 14.0. The number of piperazine rings is 1. The molecule has 0 spiro atoms. The van der Waals surface area contributed by atoms with Gasteiger partial charge in [-0.05, 0) is 44.2 Å². The van der Waals surface area contributed by atoms with Crippen LogP contribution in [-0.2, 0) is 0 Å². The van der Waals surface area contributed by atoms with Crippen molar-refractivity contribution < 1.29 is 9.18 Å². The van der Waals surface area contributed by atoms with Gasteiger partial charge < -0.3 is 15.1 Å². The van der Waals surface area contributed by atoms with Gasteiger partial charge in [-0.3, -0.25) is 0 Å². The molecule has 0 aliphatic carbocycles. The smallest absolute Gasteiger partial charge is 0.321 e. The van der Waals surface area contributed by atoms with Crippen molar-refractivity contribution in [2.75, 3.05) is 29.9 Å². The lowest BCUT2D eigenvalue weighted by atomic mass is 10.1. The summed E-state index contributed by atoms with van der Waals surface area (Å²) in [6, 6.07) is 14.4. The van der Waals surface area contributed by atoms with Gasteiger partial charge in [-0.2, -0.15) is 0 Å². The van der Waals surface area contributed by atoms with Crippen LogP contribution in [0.1, 0.15) is 12.5 Å². The van der Waals surface area contributed by atoms with Crippen molar-refractivity contribution in [2.24, 2.45) is 0 Å². The summed E-state index contributed by atoms with van der Waals surface area (Å²) in [4.78, 5) is 16.5. The number of urea groups is 1. The van der Waals surface area contributed by atoms with Crippen LogP contribution in [0.15, 0.2) is 48.5 Å². The second-order valence-corrected chi connectivity index (χ2v) is 6.26. The van der Waals surface area contributed by atoms with Crippen molar-refractivity contribution in [3.63, 3.8) is 0 Å². The predicted molar refractivity (Wildman–Crippen MR) is 95.0 cm³/mol. The molecule has 1 aliphatic rings. The number of anilines is 2. The van der Waals surface area contributed by atoms with Crippen LogP contribution in [0.3, 0.4) is 0 Å². The van der Waals surface area contributed by atoms with Gasteiger partial charge in [-0.1, -0.05) is 23.8 Å². The second kappa shape index (κ2) is 6.91. The van der Waals surface area contributed by atoms with Crippen molar-refractivity contribution >= 4 is 17.4 Å². The van der Waals surface area contributed by atoms with Crippen LogP contribution in [0.4, 0.5) is 20.6 Å². The first-order valence-corrected chi connectivity index (χ1v) is 8.18. The SMILES string of the molecule is Cc1ccc(N2CCN(C(=O)Nc3cccc(F)c3)C[C@@H]2C)cc1. The quantitative estimate of drug-likeness (QED) is 0.909. The van der Waals surface area contributed by atoms with E-state index < -0.39 is 0 Å². The summed E-state index contributed by atoms with van der Waals surface area (Å²) in [7, 11) is 0. The Kier molecular flexibility index (Phi) is 4.69. The molecule has 1 N–H and O–H groups in total. The fourth-order valence-corrected chi connectivity index (χ4v) is 3.03. The highest BCUT2D eigenvalue weighted by Crippen LogP contribution is 2.21. The van der Waals surface area contributed by atoms with E-state index in [1.54, 1.807) is 17.0 Å². The Morgan fingerprint density at radius 3 is 2.58 bits per heavy atom. The van der Waals surface area contributed by atoms with E-state index in [0.717, 1.165) is 6.54 Å². The standard InChI is InChI=1S/C19H22FN3O/c1-14-6-8-18(9-7-14)23-11-10-22(13-15(23)2)19(24)21-17-5-3-4-16(20)12-17/h3-9,12,15H,10-11,13H2,1-2H3,(H,21,24)/t15-/m0/s1. The van der Waals surface area contributed by atoms with Gasteiger partial charge in [-0.25, -0.2) is 9.18 Å². The van der Waals surface area contributed by atoms with Crippen LogP contribution in [-0.4, -0.2) is 36.6 Å². The number of amides is 2. The first kappa shape index (κ1) is 16.3. The molecule has 1 atom stereocenters. The molecule has 1 heterocycles. The average Bonchev–Trinajstić information content (AvgIpc) is 2.56. The summed E-state index contributed by atoms with van der Waals surface area (Å²) in [6.45, 7) is 6.23. The van der Waals surface area contributed by atoms with Gasteiger partial charge in [-0.15, -0.1) is 0 Å². The Morgan fingerprint density at radius 1 is 1.17 bits per heavy atom. The molecule has 3 rings (SSSR count). The number of nitrogens with zero attached hydrogens (tertiary/aromatic N) is 2. The Labute approximate surface area is 141 Å². The number of carbonyl (C=O) groups excluding carboxylic acids is 1. The van der Waals surface area contributed by atoms with Crippen LogP contribution in [0.5, 0.6) is 0 Å². The first-order valence-electron chi connectivity index (χ1n) is 8.18. The van der Waals surface area contributed by atoms with Crippen molar-refractivity contribution in [1.82, 2.24) is 4.90 Å². The molecule has 1 fully saturated rings. The number of halogens is 1. The molecule has 126 valence electrons. The van der Waals surface area contributed by atoms with Crippen molar-refractivity contribution in [3.05, 3.63) is 59.9 Å². The highest BCUT2D eigenvalue weighted by molar-refractivity contribution is 5.89. The van der Waals surface area contributed by atoms with Gasteiger partial charge in [0.2, 0.25) is 0 Å². The van der Waals surface area contributed by atoms with Gasteiger partial charge >= 0.3 is 6.03 Å². The highest BCUT2D eigenvalue weighted by atomic mass is 19.1. The topological polar surface area (TPSA) is 35.6 Å². The van der Waals surface area contributed by atoms with Gasteiger partial charge in [0.25, 0.3) is 0 Å². The molecule has 0 bridgehead atoms. The van der Waals surface area contributed by atoms with E-state index in [-0.39, 0.29) is 17.9 Å². The summed E-state index contributed by atoms with van der Waals surface area (Å²) in [5.41, 5.74) is 2.89. The van der Waals surface area contributed by atoms with Gasteiger partial charge in [0, 0.05) is 37.1 Å². The Balaban J connectivity index is 1.62. The van der Waals surface area contributed by atoms with Crippen LogP contribution in [0.25, 0.3) is 0 Å². The number of carbonyl (C=O) groups is 1. The lowest BCUT2D eigenvalue weighted by Gasteiger charge is -2.41. The second-order valence-electron chi connectivity index (χ2n) is 6.26. The number of hydrogen-bond donors (Lipinski definition) is 1. The fraction of sp³-hybridized carbons (Fsp3) is 0.316. The van der Waals surface area contributed by atoms with Gasteiger partial charge in [0.15, 0.2) is 0 Å². The Bertz CT molecular complexity index is 717. The molecule has 24 heavy (non-hydrogen) atoms. The number of rotatable bonds is 2. The third kappa shape index (κ3) is 3.67. The molecule has 2 aromatic rings. The minimum absolute atomic E-state index is 0.184. The lowest BCUT2D eigenvalue weighted by Crippen LogP contribution is -2.54. The molecule has 0 radical (unpaired) electrons. The van der Waals surface area contributed by atoms with Crippen LogP contribution >= 0.6 is 0 Å². The normalized spacial score (nSPS) is 17.7. The molecule has 0 unspecified atom stereocenters. The van der Waals surface area contributed by atoms with Crippen molar-refractivity contribution in [3.8, 4) is 0 Å². The highest BCUT2D eigenvalue weighted by Gasteiger charge is 2.26. The Hall–Kier alpha value is -2.56. The minimum Gasteiger partial charge on any atom is -0.365 e.